The highest BCUT2D eigenvalue weighted by Crippen LogP contribution is 2.31. The van der Waals surface area contributed by atoms with Crippen LogP contribution in [0.25, 0.3) is 0 Å². The first-order chi connectivity index (χ1) is 6.33. The second-order valence-corrected chi connectivity index (χ2v) is 2.70. The Balaban J connectivity index is 2.50. The van der Waals surface area contributed by atoms with E-state index in [0.29, 0.717) is 0 Å². The molecule has 0 aliphatic carbocycles. The number of anilines is 1. The fraction of sp³-hybridized carbons (Fsp3) is 0.100. The summed E-state index contributed by atoms with van der Waals surface area (Å²) in [7, 11) is 0. The second-order valence-electron chi connectivity index (χ2n) is 2.70. The molecule has 1 amide bonds. The van der Waals surface area contributed by atoms with Crippen LogP contribution < -0.4 is 9.64 Å². The van der Waals surface area contributed by atoms with E-state index < -0.39 is 0 Å². The monoisotopic (exact) mass is 175 g/mol. The molecule has 0 bridgehead atoms. The van der Waals surface area contributed by atoms with E-state index in [4.69, 9.17) is 4.74 Å². The van der Waals surface area contributed by atoms with E-state index in [1.807, 2.05) is 24.3 Å². The first-order valence-corrected chi connectivity index (χ1v) is 3.99. The molecule has 2 rings (SSSR count). The number of ether oxygens (including phenoxy) is 1. The molecule has 3 heteroatoms. The van der Waals surface area contributed by atoms with Gasteiger partial charge in [0.1, 0.15) is 5.75 Å². The maximum atomic E-state index is 11.3. The van der Waals surface area contributed by atoms with Crippen LogP contribution in [0.1, 0.15) is 0 Å². The summed E-state index contributed by atoms with van der Waals surface area (Å²) in [6.45, 7) is 3.67. The van der Waals surface area contributed by atoms with Gasteiger partial charge in [-0.1, -0.05) is 18.7 Å². The van der Waals surface area contributed by atoms with Gasteiger partial charge in [0.25, 0.3) is 5.91 Å². The summed E-state index contributed by atoms with van der Waals surface area (Å²) >= 11 is 0. The largest absolute Gasteiger partial charge is 0.482 e. The maximum Gasteiger partial charge on any atom is 0.269 e. The van der Waals surface area contributed by atoms with Gasteiger partial charge < -0.3 is 4.74 Å². The lowest BCUT2D eigenvalue weighted by Crippen LogP contribution is -2.34. The molecule has 0 radical (unpaired) electrons. The van der Waals surface area contributed by atoms with Gasteiger partial charge in [-0.05, 0) is 12.1 Å². The number of fused-ring (bicyclic) bond motifs is 1. The standard InChI is InChI=1S/C10H9NO2/c1-2-11-8-5-3-4-6-9(8)13-7-10(11)12/h2-6H,1,7H2. The van der Waals surface area contributed by atoms with Crippen molar-refractivity contribution in [2.75, 3.05) is 11.5 Å². The van der Waals surface area contributed by atoms with Gasteiger partial charge in [-0.2, -0.15) is 0 Å². The zero-order valence-electron chi connectivity index (χ0n) is 7.06. The number of nitrogens with zero attached hydrogens (tertiary/aromatic N) is 1. The van der Waals surface area contributed by atoms with E-state index in [1.165, 1.54) is 11.1 Å². The smallest absolute Gasteiger partial charge is 0.269 e. The molecular formula is C10H9NO2. The van der Waals surface area contributed by atoms with E-state index in [2.05, 4.69) is 6.58 Å². The molecule has 0 unspecified atom stereocenters. The summed E-state index contributed by atoms with van der Waals surface area (Å²) in [5.74, 6) is 0.635. The molecule has 0 spiro atoms. The minimum Gasteiger partial charge on any atom is -0.482 e. The van der Waals surface area contributed by atoms with Crippen molar-refractivity contribution in [2.24, 2.45) is 0 Å². The summed E-state index contributed by atoms with van der Waals surface area (Å²) in [6, 6.07) is 7.39. The number of carbonyl (C=O) groups is 1. The number of para-hydroxylation sites is 2. The van der Waals surface area contributed by atoms with Crippen LogP contribution in [0.15, 0.2) is 37.0 Å². The van der Waals surface area contributed by atoms with Gasteiger partial charge in [0.2, 0.25) is 0 Å². The molecule has 13 heavy (non-hydrogen) atoms. The molecule has 0 saturated heterocycles. The van der Waals surface area contributed by atoms with Gasteiger partial charge in [0, 0.05) is 6.20 Å². The van der Waals surface area contributed by atoms with Gasteiger partial charge in [0.15, 0.2) is 6.61 Å². The predicted octanol–water partition coefficient (Wildman–Crippen LogP) is 1.56. The van der Waals surface area contributed by atoms with Crippen LogP contribution in [0.5, 0.6) is 5.75 Å². The Morgan fingerprint density at radius 1 is 1.46 bits per heavy atom. The number of carbonyl (C=O) groups excluding carboxylic acids is 1. The van der Waals surface area contributed by atoms with Gasteiger partial charge in [-0.25, -0.2) is 0 Å². The van der Waals surface area contributed by atoms with Crippen LogP contribution in [-0.4, -0.2) is 12.5 Å². The minimum absolute atomic E-state index is 0.0863. The minimum atomic E-state index is -0.0892. The summed E-state index contributed by atoms with van der Waals surface area (Å²) in [5, 5.41) is 0. The van der Waals surface area contributed by atoms with Crippen molar-refractivity contribution in [3.8, 4) is 5.75 Å². The Morgan fingerprint density at radius 2 is 2.23 bits per heavy atom. The van der Waals surface area contributed by atoms with Crippen LogP contribution in [0.2, 0.25) is 0 Å². The van der Waals surface area contributed by atoms with Gasteiger partial charge in [-0.3, -0.25) is 9.69 Å². The number of rotatable bonds is 1. The van der Waals surface area contributed by atoms with E-state index in [-0.39, 0.29) is 12.5 Å². The van der Waals surface area contributed by atoms with Crippen molar-refractivity contribution in [3.63, 3.8) is 0 Å². The van der Waals surface area contributed by atoms with Crippen LogP contribution in [-0.2, 0) is 4.79 Å². The Bertz CT molecular complexity index is 360. The van der Waals surface area contributed by atoms with E-state index >= 15 is 0 Å². The molecule has 0 N–H and O–H groups in total. The fourth-order valence-electron chi connectivity index (χ4n) is 1.32. The lowest BCUT2D eigenvalue weighted by atomic mass is 10.2. The van der Waals surface area contributed by atoms with Gasteiger partial charge in [-0.15, -0.1) is 0 Å². The molecule has 0 fully saturated rings. The summed E-state index contributed by atoms with van der Waals surface area (Å²) < 4.78 is 5.23. The average Bonchev–Trinajstić information content (AvgIpc) is 2.18. The lowest BCUT2D eigenvalue weighted by Gasteiger charge is -2.25. The van der Waals surface area contributed by atoms with Crippen LogP contribution in [0.4, 0.5) is 5.69 Å². The number of benzene rings is 1. The maximum absolute atomic E-state index is 11.3. The van der Waals surface area contributed by atoms with E-state index in [9.17, 15) is 4.79 Å². The van der Waals surface area contributed by atoms with Crippen molar-refractivity contribution >= 4 is 11.6 Å². The van der Waals surface area contributed by atoms with Gasteiger partial charge >= 0.3 is 0 Å². The highest BCUT2D eigenvalue weighted by Gasteiger charge is 2.22. The molecule has 1 aromatic carbocycles. The molecule has 1 heterocycles. The molecule has 0 aromatic heterocycles. The third-order valence-corrected chi connectivity index (χ3v) is 1.93. The Morgan fingerprint density at radius 3 is 3.00 bits per heavy atom. The van der Waals surface area contributed by atoms with Crippen LogP contribution in [0, 0.1) is 0 Å². The topological polar surface area (TPSA) is 29.5 Å². The zero-order chi connectivity index (χ0) is 9.26. The van der Waals surface area contributed by atoms with E-state index in [0.717, 1.165) is 11.4 Å². The molecule has 0 atom stereocenters. The van der Waals surface area contributed by atoms with Crippen molar-refractivity contribution in [1.29, 1.82) is 0 Å². The third kappa shape index (κ3) is 1.18. The molecule has 0 saturated carbocycles. The third-order valence-electron chi connectivity index (χ3n) is 1.93. The van der Waals surface area contributed by atoms with Crippen molar-refractivity contribution < 1.29 is 9.53 Å². The number of hydrogen-bond acceptors (Lipinski definition) is 2. The second kappa shape index (κ2) is 2.94. The molecule has 66 valence electrons. The molecule has 1 aliphatic heterocycles. The van der Waals surface area contributed by atoms with Crippen LogP contribution in [0.3, 0.4) is 0 Å². The van der Waals surface area contributed by atoms with Crippen molar-refractivity contribution in [1.82, 2.24) is 0 Å². The highest BCUT2D eigenvalue weighted by molar-refractivity contribution is 5.99. The first kappa shape index (κ1) is 7.86. The van der Waals surface area contributed by atoms with Crippen molar-refractivity contribution in [3.05, 3.63) is 37.0 Å². The Hall–Kier alpha value is -1.77. The SMILES string of the molecule is C=CN1C(=O)COc2ccccc21. The zero-order valence-corrected chi connectivity index (χ0v) is 7.06. The summed E-state index contributed by atoms with van der Waals surface area (Å²) in [5.41, 5.74) is 0.758. The normalized spacial score (nSPS) is 14.8. The lowest BCUT2D eigenvalue weighted by molar-refractivity contribution is -0.120. The predicted molar refractivity (Wildman–Crippen MR) is 49.6 cm³/mol. The molecule has 1 aromatic rings. The van der Waals surface area contributed by atoms with Crippen LogP contribution >= 0.6 is 0 Å². The Labute approximate surface area is 76.2 Å². The number of amides is 1. The summed E-state index contributed by atoms with van der Waals surface area (Å²) in [4.78, 5) is 12.8. The molecular weight excluding hydrogens is 166 g/mol. The number of hydrogen-bond donors (Lipinski definition) is 0. The Kier molecular flexibility index (Phi) is 1.77. The van der Waals surface area contributed by atoms with E-state index in [1.54, 1.807) is 0 Å². The first-order valence-electron chi connectivity index (χ1n) is 3.99. The van der Waals surface area contributed by atoms with Crippen molar-refractivity contribution in [2.45, 2.75) is 0 Å². The fourth-order valence-corrected chi connectivity index (χ4v) is 1.32. The molecule has 1 aliphatic rings. The summed E-state index contributed by atoms with van der Waals surface area (Å²) in [6.07, 6.45) is 1.50. The van der Waals surface area contributed by atoms with Gasteiger partial charge in [0.05, 0.1) is 5.69 Å². The molecule has 3 nitrogen and oxygen atoms in total. The highest BCUT2D eigenvalue weighted by atomic mass is 16.5. The quantitative estimate of drug-likeness (QED) is 0.648. The average molecular weight is 175 g/mol.